The highest BCUT2D eigenvalue weighted by Crippen LogP contribution is 2.44. The van der Waals surface area contributed by atoms with Crippen molar-refractivity contribution in [3.05, 3.63) is 133 Å². The topological polar surface area (TPSA) is 0 Å². The zero-order valence-electron chi connectivity index (χ0n) is 18.5. The quantitative estimate of drug-likeness (QED) is 0.249. The molecule has 0 saturated heterocycles. The van der Waals surface area contributed by atoms with E-state index in [0.717, 1.165) is 0 Å². The largest absolute Gasteiger partial charge is 0.0776 e. The molecule has 0 spiro atoms. The summed E-state index contributed by atoms with van der Waals surface area (Å²) in [6.07, 6.45) is 0. The van der Waals surface area contributed by atoms with E-state index in [-0.39, 0.29) is 7.43 Å². The summed E-state index contributed by atoms with van der Waals surface area (Å²) in [4.78, 5) is 0. The van der Waals surface area contributed by atoms with Crippen molar-refractivity contribution in [2.45, 2.75) is 7.43 Å². The Morgan fingerprint density at radius 3 is 1.23 bits per heavy atom. The van der Waals surface area contributed by atoms with Crippen molar-refractivity contribution < 1.29 is 0 Å². The third-order valence-corrected chi connectivity index (χ3v) is 6.89. The number of benzene rings is 6. The molecule has 0 radical (unpaired) electrons. The van der Waals surface area contributed by atoms with E-state index >= 15 is 0 Å². The molecule has 35 heavy (non-hydrogen) atoms. The molecule has 0 fully saturated rings. The molecule has 0 aromatic heterocycles. The van der Waals surface area contributed by atoms with E-state index in [2.05, 4.69) is 133 Å². The average molecular weight is 445 g/mol. The van der Waals surface area contributed by atoms with E-state index in [9.17, 15) is 0 Å². The summed E-state index contributed by atoms with van der Waals surface area (Å²) in [5.41, 5.74) is 4.96. The molecule has 0 aliphatic rings. The molecule has 0 bridgehead atoms. The molecule has 7 rings (SSSR count). The lowest BCUT2D eigenvalue weighted by atomic mass is 9.85. The standard InChI is InChI=1S/C34H20.CH4/c1-3-11-25-21-27(19-17-23(25)9-1)33-29-13-5-7-15-31(29)34(32-16-8-6-14-30(32)33)28-20-18-24-10-2-4-12-26(24)22-28;/h1-5,7,9-22H;1H4. The molecule has 7 aromatic rings. The molecule has 0 N–H and O–H groups in total. The average Bonchev–Trinajstić information content (AvgIpc) is 2.91. The van der Waals surface area contributed by atoms with Gasteiger partial charge in [0.05, 0.1) is 0 Å². The Morgan fingerprint density at radius 2 is 0.771 bits per heavy atom. The van der Waals surface area contributed by atoms with Crippen molar-refractivity contribution in [1.82, 2.24) is 0 Å². The van der Waals surface area contributed by atoms with Crippen molar-refractivity contribution in [1.29, 1.82) is 0 Å². The van der Waals surface area contributed by atoms with Gasteiger partial charge in [-0.3, -0.25) is 0 Å². The van der Waals surface area contributed by atoms with E-state index in [1.54, 1.807) is 0 Å². The van der Waals surface area contributed by atoms with Gasteiger partial charge >= 0.3 is 0 Å². The van der Waals surface area contributed by atoms with Crippen LogP contribution in [0.1, 0.15) is 7.43 Å². The second-order valence-corrected chi connectivity index (χ2v) is 8.82. The van der Waals surface area contributed by atoms with Gasteiger partial charge in [-0.15, -0.1) is 0 Å². The minimum atomic E-state index is 0. The van der Waals surface area contributed by atoms with Gasteiger partial charge in [-0.05, 0) is 89.6 Å². The summed E-state index contributed by atoms with van der Waals surface area (Å²) in [7, 11) is 0. The smallest absolute Gasteiger partial charge is 0.000254 e. The van der Waals surface area contributed by atoms with E-state index in [1.165, 1.54) is 65.3 Å². The fourth-order valence-corrected chi connectivity index (χ4v) is 5.32. The van der Waals surface area contributed by atoms with Gasteiger partial charge in [-0.25, -0.2) is 0 Å². The minimum absolute atomic E-state index is 0. The SMILES string of the molecule is C.c1cc2c(-c3ccc4ccccc4c3)c3ccccc3c(-c3ccc4ccccc4c3)c2cc#1. The molecule has 0 heterocycles. The monoisotopic (exact) mass is 444 g/mol. The first kappa shape index (κ1) is 21.0. The third-order valence-electron chi connectivity index (χ3n) is 6.89. The molecule has 0 atom stereocenters. The molecule has 0 saturated carbocycles. The van der Waals surface area contributed by atoms with Crippen molar-refractivity contribution in [2.75, 3.05) is 0 Å². The van der Waals surface area contributed by atoms with Crippen LogP contribution in [0.4, 0.5) is 0 Å². The molecule has 7 aromatic carbocycles. The van der Waals surface area contributed by atoms with Crippen LogP contribution in [0.5, 0.6) is 0 Å². The number of rotatable bonds is 2. The van der Waals surface area contributed by atoms with Gasteiger partial charge in [0, 0.05) is 0 Å². The Labute approximate surface area is 206 Å². The minimum Gasteiger partial charge on any atom is -0.0776 e. The molecule has 0 amide bonds. The zero-order chi connectivity index (χ0) is 22.5. The van der Waals surface area contributed by atoms with Gasteiger partial charge in [0.2, 0.25) is 0 Å². The lowest BCUT2D eigenvalue weighted by Gasteiger charge is -2.17. The molecule has 0 nitrogen and oxygen atoms in total. The first-order valence-electron chi connectivity index (χ1n) is 11.6. The Hall–Kier alpha value is -4.60. The Bertz CT molecular complexity index is 1660. The first-order chi connectivity index (χ1) is 16.9. The highest BCUT2D eigenvalue weighted by atomic mass is 14.2. The second-order valence-electron chi connectivity index (χ2n) is 8.82. The Balaban J connectivity index is 0.00000229. The van der Waals surface area contributed by atoms with Gasteiger partial charge in [0.1, 0.15) is 0 Å². The van der Waals surface area contributed by atoms with Crippen LogP contribution in [0.3, 0.4) is 0 Å². The normalized spacial score (nSPS) is 11.0. The van der Waals surface area contributed by atoms with E-state index in [4.69, 9.17) is 0 Å². The van der Waals surface area contributed by atoms with E-state index in [0.29, 0.717) is 0 Å². The fourth-order valence-electron chi connectivity index (χ4n) is 5.32. The van der Waals surface area contributed by atoms with E-state index < -0.39 is 0 Å². The summed E-state index contributed by atoms with van der Waals surface area (Å²) in [6, 6.07) is 50.1. The zero-order valence-corrected chi connectivity index (χ0v) is 18.5. The lowest BCUT2D eigenvalue weighted by Crippen LogP contribution is -1.90. The van der Waals surface area contributed by atoms with Crippen LogP contribution in [-0.4, -0.2) is 0 Å². The van der Waals surface area contributed by atoms with Crippen LogP contribution < -0.4 is 0 Å². The fraction of sp³-hybridized carbons (Fsp3) is 0.0286. The molecule has 164 valence electrons. The summed E-state index contributed by atoms with van der Waals surface area (Å²) < 4.78 is 0. The van der Waals surface area contributed by atoms with Gasteiger partial charge in [-0.1, -0.05) is 117 Å². The molecule has 0 aliphatic carbocycles. The van der Waals surface area contributed by atoms with Crippen molar-refractivity contribution in [3.8, 4) is 22.3 Å². The Kier molecular flexibility index (Phi) is 4.98. The second kappa shape index (κ2) is 8.32. The maximum Gasteiger partial charge on any atom is -0.000254 e. The Morgan fingerprint density at radius 1 is 0.371 bits per heavy atom. The molecule has 0 unspecified atom stereocenters. The van der Waals surface area contributed by atoms with Crippen LogP contribution in [0, 0.1) is 12.1 Å². The summed E-state index contributed by atoms with van der Waals surface area (Å²) >= 11 is 0. The van der Waals surface area contributed by atoms with Crippen molar-refractivity contribution in [2.24, 2.45) is 0 Å². The highest BCUT2D eigenvalue weighted by Gasteiger charge is 2.16. The first-order valence-corrected chi connectivity index (χ1v) is 11.6. The van der Waals surface area contributed by atoms with Gasteiger partial charge in [-0.2, -0.15) is 0 Å². The predicted octanol–water partition coefficient (Wildman–Crippen LogP) is 9.87. The van der Waals surface area contributed by atoms with Crippen LogP contribution in [-0.2, 0) is 0 Å². The number of hydrogen-bond acceptors (Lipinski definition) is 0. The molecule has 0 aliphatic heterocycles. The molecule has 0 heteroatoms. The van der Waals surface area contributed by atoms with Crippen molar-refractivity contribution >= 4 is 43.1 Å². The third kappa shape index (κ3) is 3.33. The summed E-state index contributed by atoms with van der Waals surface area (Å²) in [5.74, 6) is 0. The van der Waals surface area contributed by atoms with Crippen molar-refractivity contribution in [3.63, 3.8) is 0 Å². The van der Waals surface area contributed by atoms with Crippen LogP contribution in [0.2, 0.25) is 0 Å². The van der Waals surface area contributed by atoms with Crippen LogP contribution >= 0.6 is 0 Å². The maximum absolute atomic E-state index is 3.23. The maximum atomic E-state index is 3.23. The summed E-state index contributed by atoms with van der Waals surface area (Å²) in [5, 5.41) is 9.94. The van der Waals surface area contributed by atoms with Gasteiger partial charge < -0.3 is 0 Å². The van der Waals surface area contributed by atoms with Crippen LogP contribution in [0.25, 0.3) is 65.3 Å². The molecular formula is C35H24. The summed E-state index contributed by atoms with van der Waals surface area (Å²) in [6.45, 7) is 0. The van der Waals surface area contributed by atoms with Crippen LogP contribution in [0.15, 0.2) is 121 Å². The predicted molar refractivity (Wildman–Crippen MR) is 152 cm³/mol. The lowest BCUT2D eigenvalue weighted by molar-refractivity contribution is 1.68. The van der Waals surface area contributed by atoms with Gasteiger partial charge in [0.25, 0.3) is 0 Å². The van der Waals surface area contributed by atoms with Gasteiger partial charge in [0.15, 0.2) is 0 Å². The van der Waals surface area contributed by atoms with E-state index in [1.807, 2.05) is 0 Å². The number of hydrogen-bond donors (Lipinski definition) is 0. The molecular weight excluding hydrogens is 420 g/mol. The number of fused-ring (bicyclic) bond motifs is 4. The highest BCUT2D eigenvalue weighted by molar-refractivity contribution is 6.21.